The Morgan fingerprint density at radius 3 is 2.00 bits per heavy atom. The molecule has 0 bridgehead atoms. The Morgan fingerprint density at radius 2 is 2.00 bits per heavy atom. The lowest BCUT2D eigenvalue weighted by Crippen LogP contribution is -2.37. The van der Waals surface area contributed by atoms with Gasteiger partial charge in [0.15, 0.2) is 0 Å². The minimum Gasteiger partial charge on any atom is -0.327 e. The van der Waals surface area contributed by atoms with Crippen molar-refractivity contribution in [2.75, 3.05) is 0 Å². The summed E-state index contributed by atoms with van der Waals surface area (Å²) in [6.45, 7) is 0. The molecule has 0 radical (unpaired) electrons. The van der Waals surface area contributed by atoms with Crippen molar-refractivity contribution in [3.63, 3.8) is 0 Å². The van der Waals surface area contributed by atoms with E-state index < -0.39 is 6.17 Å². The Bertz CT molecular complexity index is 43.5. The second-order valence-corrected chi connectivity index (χ2v) is 1.83. The molecule has 1 rings (SSSR count). The molecule has 36 valence electrons. The second-order valence-electron chi connectivity index (χ2n) is 1.83. The van der Waals surface area contributed by atoms with Gasteiger partial charge >= 0.3 is 0 Å². The van der Waals surface area contributed by atoms with E-state index in [-0.39, 0.29) is 6.04 Å². The van der Waals surface area contributed by atoms with Crippen LogP contribution < -0.4 is 5.73 Å². The van der Waals surface area contributed by atoms with E-state index in [1.54, 1.807) is 0 Å². The van der Waals surface area contributed by atoms with E-state index in [9.17, 15) is 4.39 Å². The van der Waals surface area contributed by atoms with E-state index in [1.807, 2.05) is 0 Å². The molecule has 0 amide bonds. The highest BCUT2D eigenvalue weighted by Crippen LogP contribution is 2.20. The molecule has 0 aliphatic heterocycles. The molecule has 0 aromatic carbocycles. The zero-order chi connectivity index (χ0) is 4.57. The third kappa shape index (κ3) is 0.522. The maximum atomic E-state index is 11.7. The maximum Gasteiger partial charge on any atom is 0.103 e. The number of nitrogens with two attached hydrogens (primary N) is 1. The van der Waals surface area contributed by atoms with Gasteiger partial charge in [0, 0.05) is 6.04 Å². The van der Waals surface area contributed by atoms with Crippen LogP contribution in [0.25, 0.3) is 0 Å². The SMILES string of the molecule is N[C@H]1C[C@@H](F)C1. The van der Waals surface area contributed by atoms with Gasteiger partial charge in [0.25, 0.3) is 0 Å². The lowest BCUT2D eigenvalue weighted by atomic mass is 9.92. The average molecular weight is 89.1 g/mol. The van der Waals surface area contributed by atoms with Crippen LogP contribution in [0.1, 0.15) is 12.8 Å². The first-order valence-corrected chi connectivity index (χ1v) is 2.18. The van der Waals surface area contributed by atoms with E-state index in [0.29, 0.717) is 12.8 Å². The van der Waals surface area contributed by atoms with Crippen molar-refractivity contribution in [3.8, 4) is 0 Å². The summed E-state index contributed by atoms with van der Waals surface area (Å²) < 4.78 is 11.7. The van der Waals surface area contributed by atoms with E-state index in [1.165, 1.54) is 0 Å². The molecular weight excluding hydrogens is 81.0 g/mol. The van der Waals surface area contributed by atoms with Crippen molar-refractivity contribution in [2.45, 2.75) is 25.1 Å². The summed E-state index contributed by atoms with van der Waals surface area (Å²) in [6, 6.07) is 0.167. The van der Waals surface area contributed by atoms with E-state index in [4.69, 9.17) is 5.73 Å². The minimum atomic E-state index is -0.583. The highest BCUT2D eigenvalue weighted by atomic mass is 19.1. The molecule has 2 N–H and O–H groups in total. The van der Waals surface area contributed by atoms with Crippen LogP contribution in [0.3, 0.4) is 0 Å². The molecule has 1 saturated carbocycles. The number of hydrogen-bond donors (Lipinski definition) is 1. The van der Waals surface area contributed by atoms with Gasteiger partial charge in [-0.15, -0.1) is 0 Å². The van der Waals surface area contributed by atoms with Crippen LogP contribution in [0.5, 0.6) is 0 Å². The third-order valence-electron chi connectivity index (χ3n) is 1.12. The smallest absolute Gasteiger partial charge is 0.103 e. The normalized spacial score (nSPS) is 45.0. The molecule has 0 atom stereocenters. The number of rotatable bonds is 0. The standard InChI is InChI=1S/C4H8FN/c5-3-1-4(6)2-3/h3-4H,1-2,6H2/t3-,4+. The van der Waals surface area contributed by atoms with Crippen molar-refractivity contribution < 1.29 is 4.39 Å². The lowest BCUT2D eigenvalue weighted by Gasteiger charge is -2.24. The lowest BCUT2D eigenvalue weighted by molar-refractivity contribution is 0.181. The Kier molecular flexibility index (Phi) is 0.804. The first-order valence-electron chi connectivity index (χ1n) is 2.18. The van der Waals surface area contributed by atoms with Gasteiger partial charge in [-0.1, -0.05) is 0 Å². The van der Waals surface area contributed by atoms with Gasteiger partial charge in [0.05, 0.1) is 0 Å². The third-order valence-corrected chi connectivity index (χ3v) is 1.12. The fourth-order valence-electron chi connectivity index (χ4n) is 0.588. The number of hydrogen-bond acceptors (Lipinski definition) is 1. The Hall–Kier alpha value is -0.110. The summed E-state index contributed by atoms with van der Waals surface area (Å²) in [6.07, 6.45) is 0.583. The summed E-state index contributed by atoms with van der Waals surface area (Å²) in [5.41, 5.74) is 5.23. The van der Waals surface area contributed by atoms with Gasteiger partial charge in [-0.05, 0) is 12.8 Å². The van der Waals surface area contributed by atoms with Crippen LogP contribution in [0.15, 0.2) is 0 Å². The van der Waals surface area contributed by atoms with Crippen LogP contribution in [0.4, 0.5) is 4.39 Å². The Morgan fingerprint density at radius 1 is 1.50 bits per heavy atom. The Balaban J connectivity index is 2.11. The molecule has 1 nitrogen and oxygen atoms in total. The molecule has 1 aliphatic rings. The molecule has 1 aliphatic carbocycles. The van der Waals surface area contributed by atoms with Crippen molar-refractivity contribution in [3.05, 3.63) is 0 Å². The predicted octanol–water partition coefficient (Wildman–Crippen LogP) is 0.446. The first-order chi connectivity index (χ1) is 2.79. The molecular formula is C4H8FN. The summed E-state index contributed by atoms with van der Waals surface area (Å²) in [5, 5.41) is 0. The van der Waals surface area contributed by atoms with Crippen molar-refractivity contribution in [1.29, 1.82) is 0 Å². The first kappa shape index (κ1) is 4.06. The van der Waals surface area contributed by atoms with Crippen LogP contribution in [0.2, 0.25) is 0 Å². The Labute approximate surface area is 36.3 Å². The average Bonchev–Trinajstić information content (AvgIpc) is 1.33. The van der Waals surface area contributed by atoms with Crippen LogP contribution in [-0.4, -0.2) is 12.2 Å². The molecule has 2 heteroatoms. The van der Waals surface area contributed by atoms with Gasteiger partial charge < -0.3 is 5.73 Å². The fraction of sp³-hybridized carbons (Fsp3) is 1.00. The highest BCUT2D eigenvalue weighted by Gasteiger charge is 2.24. The predicted molar refractivity (Wildman–Crippen MR) is 22.1 cm³/mol. The summed E-state index contributed by atoms with van der Waals surface area (Å²) in [7, 11) is 0. The zero-order valence-corrected chi connectivity index (χ0v) is 3.52. The van der Waals surface area contributed by atoms with E-state index in [2.05, 4.69) is 0 Å². The van der Waals surface area contributed by atoms with Gasteiger partial charge in [0.2, 0.25) is 0 Å². The monoisotopic (exact) mass is 89.1 g/mol. The van der Waals surface area contributed by atoms with Gasteiger partial charge in [-0.2, -0.15) is 0 Å². The van der Waals surface area contributed by atoms with Crippen molar-refractivity contribution in [1.82, 2.24) is 0 Å². The van der Waals surface area contributed by atoms with Gasteiger partial charge in [0.1, 0.15) is 6.17 Å². The molecule has 0 unspecified atom stereocenters. The van der Waals surface area contributed by atoms with E-state index >= 15 is 0 Å². The summed E-state index contributed by atoms with van der Waals surface area (Å²) >= 11 is 0. The zero-order valence-electron chi connectivity index (χ0n) is 3.52. The molecule has 6 heavy (non-hydrogen) atoms. The highest BCUT2D eigenvalue weighted by molar-refractivity contribution is 4.81. The molecule has 0 aromatic heterocycles. The topological polar surface area (TPSA) is 26.0 Å². The molecule has 0 saturated heterocycles. The van der Waals surface area contributed by atoms with Crippen molar-refractivity contribution >= 4 is 0 Å². The largest absolute Gasteiger partial charge is 0.327 e. The molecule has 0 spiro atoms. The van der Waals surface area contributed by atoms with Gasteiger partial charge in [-0.3, -0.25) is 0 Å². The van der Waals surface area contributed by atoms with Crippen LogP contribution in [-0.2, 0) is 0 Å². The maximum absolute atomic E-state index is 11.7. The van der Waals surface area contributed by atoms with Gasteiger partial charge in [-0.25, -0.2) is 4.39 Å². The molecule has 0 aromatic rings. The second kappa shape index (κ2) is 1.19. The summed E-state index contributed by atoms with van der Waals surface area (Å²) in [4.78, 5) is 0. The fourth-order valence-corrected chi connectivity index (χ4v) is 0.588. The van der Waals surface area contributed by atoms with E-state index in [0.717, 1.165) is 0 Å². The molecule has 1 fully saturated rings. The quantitative estimate of drug-likeness (QED) is 0.458. The van der Waals surface area contributed by atoms with Crippen LogP contribution >= 0.6 is 0 Å². The van der Waals surface area contributed by atoms with Crippen LogP contribution in [0, 0.1) is 0 Å². The van der Waals surface area contributed by atoms with Crippen molar-refractivity contribution in [2.24, 2.45) is 5.73 Å². The number of halogens is 1. The number of alkyl halides is 1. The molecule has 0 heterocycles. The summed E-state index contributed by atoms with van der Waals surface area (Å²) in [5.74, 6) is 0. The minimum absolute atomic E-state index is 0.167.